The van der Waals surface area contributed by atoms with E-state index in [-0.39, 0.29) is 25.6 Å². The Bertz CT molecular complexity index is 1530. The van der Waals surface area contributed by atoms with Crippen molar-refractivity contribution in [1.29, 1.82) is 0 Å². The fourth-order valence-electron chi connectivity index (χ4n) is 6.10. The second-order valence-electron chi connectivity index (χ2n) is 13.8. The summed E-state index contributed by atoms with van der Waals surface area (Å²) in [6, 6.07) is 13.9. The molecule has 3 heterocycles. The number of nitrogens with one attached hydrogen (secondary N) is 1. The third kappa shape index (κ3) is 10.1. The quantitative estimate of drug-likeness (QED) is 0.349. The molecule has 0 aliphatic carbocycles. The van der Waals surface area contributed by atoms with Crippen LogP contribution < -0.4 is 20.3 Å². The van der Waals surface area contributed by atoms with Gasteiger partial charge in [-0.15, -0.1) is 0 Å². The number of alkyl halides is 2. The van der Waals surface area contributed by atoms with Crippen LogP contribution in [0.5, 0.6) is 5.75 Å². The summed E-state index contributed by atoms with van der Waals surface area (Å²) in [7, 11) is 2.41. The van der Waals surface area contributed by atoms with Crippen LogP contribution in [0.3, 0.4) is 0 Å². The summed E-state index contributed by atoms with van der Waals surface area (Å²) in [6.45, 7) is 9.48. The van der Waals surface area contributed by atoms with E-state index >= 15 is 0 Å². The maximum absolute atomic E-state index is 13.7. The molecule has 3 aliphatic rings. The molecule has 0 aromatic heterocycles. The van der Waals surface area contributed by atoms with Gasteiger partial charge in [0.2, 0.25) is 5.91 Å². The zero-order valence-electron chi connectivity index (χ0n) is 28.9. The summed E-state index contributed by atoms with van der Waals surface area (Å²) in [5.41, 5.74) is 2.62. The predicted molar refractivity (Wildman–Crippen MR) is 189 cm³/mol. The van der Waals surface area contributed by atoms with Crippen molar-refractivity contribution in [1.82, 2.24) is 20.0 Å². The Morgan fingerprint density at radius 1 is 1.02 bits per heavy atom. The number of rotatable bonds is 11. The van der Waals surface area contributed by atoms with Crippen LogP contribution in [-0.2, 0) is 20.9 Å². The Hall–Kier alpha value is -3.76. The molecule has 266 valence electrons. The molecule has 0 radical (unpaired) electrons. The molecule has 13 heteroatoms. The number of benzene rings is 2. The van der Waals surface area contributed by atoms with Crippen LogP contribution >= 0.6 is 8.58 Å². The molecule has 5 rings (SSSR count). The van der Waals surface area contributed by atoms with Gasteiger partial charge in [0, 0.05) is 80.9 Å². The number of nitrogens with zero attached hydrogens (tertiary/aromatic N) is 4. The van der Waals surface area contributed by atoms with Gasteiger partial charge in [-0.3, -0.25) is 14.5 Å². The van der Waals surface area contributed by atoms with E-state index in [9.17, 15) is 23.2 Å². The van der Waals surface area contributed by atoms with E-state index in [0.29, 0.717) is 45.8 Å². The number of amides is 3. The van der Waals surface area contributed by atoms with Crippen molar-refractivity contribution in [2.24, 2.45) is 0 Å². The lowest BCUT2D eigenvalue weighted by molar-refractivity contribution is -0.132. The van der Waals surface area contributed by atoms with Gasteiger partial charge in [0.1, 0.15) is 18.0 Å². The predicted octanol–water partition coefficient (Wildman–Crippen LogP) is 4.33. The van der Waals surface area contributed by atoms with Crippen LogP contribution in [0.4, 0.5) is 19.3 Å². The monoisotopic (exact) mass is 699 g/mol. The molecule has 0 spiro atoms. The normalized spacial score (nSPS) is 18.1. The first-order valence-corrected chi connectivity index (χ1v) is 18.1. The molecule has 3 amide bonds. The Balaban J connectivity index is 1.24. The molecule has 2 saturated heterocycles. The number of allylic oxidation sites excluding steroid dienone is 1. The topological polar surface area (TPSA) is 94.7 Å². The molecule has 2 aromatic rings. The molecule has 0 saturated carbocycles. The van der Waals surface area contributed by atoms with Crippen LogP contribution in [0.2, 0.25) is 0 Å². The Morgan fingerprint density at radius 2 is 1.76 bits per heavy atom. The third-order valence-electron chi connectivity index (χ3n) is 8.80. The SMILES string of the molecule is CN(CCCN1CCN(C(=O)OC(C)(C)C)CC1)c1cc(OCc2ccccc2)c2c(c1)C(C(=O)NCC(=O)N1CCC(F)(F)C1)=CCP2. The molecule has 2 fully saturated rings. The van der Waals surface area contributed by atoms with Gasteiger partial charge >= 0.3 is 6.09 Å². The van der Waals surface area contributed by atoms with E-state index in [0.717, 1.165) is 59.6 Å². The average Bonchev–Trinajstić information content (AvgIpc) is 3.44. The molecule has 2 aromatic carbocycles. The molecule has 1 N–H and O–H groups in total. The highest BCUT2D eigenvalue weighted by Crippen LogP contribution is 2.36. The lowest BCUT2D eigenvalue weighted by atomic mass is 10.0. The fraction of sp³-hybridized carbons (Fsp3) is 0.528. The average molecular weight is 700 g/mol. The number of fused-ring (bicyclic) bond motifs is 1. The van der Waals surface area contributed by atoms with Gasteiger partial charge in [0.25, 0.3) is 11.8 Å². The highest BCUT2D eigenvalue weighted by atomic mass is 31.1. The Kier molecular flexibility index (Phi) is 11.8. The van der Waals surface area contributed by atoms with Crippen molar-refractivity contribution < 1.29 is 32.6 Å². The first-order chi connectivity index (χ1) is 23.3. The van der Waals surface area contributed by atoms with Gasteiger partial charge in [-0.1, -0.05) is 45.0 Å². The minimum atomic E-state index is -2.89. The van der Waals surface area contributed by atoms with Crippen LogP contribution in [0.25, 0.3) is 5.57 Å². The third-order valence-corrected chi connectivity index (χ3v) is 10.1. The van der Waals surface area contributed by atoms with Crippen LogP contribution in [0, 0.1) is 0 Å². The first kappa shape index (κ1) is 36.5. The number of anilines is 1. The van der Waals surface area contributed by atoms with E-state index in [4.69, 9.17) is 9.47 Å². The summed E-state index contributed by atoms with van der Waals surface area (Å²) < 4.78 is 39.2. The second kappa shape index (κ2) is 15.9. The van der Waals surface area contributed by atoms with Crippen LogP contribution in [0.1, 0.15) is 44.7 Å². The Morgan fingerprint density at radius 3 is 2.43 bits per heavy atom. The van der Waals surface area contributed by atoms with Crippen molar-refractivity contribution in [3.05, 3.63) is 59.7 Å². The molecule has 0 bridgehead atoms. The summed E-state index contributed by atoms with van der Waals surface area (Å²) >= 11 is 0. The molecular weight excluding hydrogens is 651 g/mol. The summed E-state index contributed by atoms with van der Waals surface area (Å²) in [5, 5.41) is 3.64. The number of halogens is 2. The summed E-state index contributed by atoms with van der Waals surface area (Å²) in [4.78, 5) is 45.9. The number of hydrogen-bond acceptors (Lipinski definition) is 7. The smallest absolute Gasteiger partial charge is 0.410 e. The number of ether oxygens (including phenoxy) is 2. The molecule has 3 aliphatic heterocycles. The van der Waals surface area contributed by atoms with E-state index in [1.807, 2.05) is 76.4 Å². The summed E-state index contributed by atoms with van der Waals surface area (Å²) in [5.74, 6) is -3.10. The van der Waals surface area contributed by atoms with Gasteiger partial charge in [-0.2, -0.15) is 0 Å². The highest BCUT2D eigenvalue weighted by molar-refractivity contribution is 7.48. The van der Waals surface area contributed by atoms with Crippen molar-refractivity contribution in [2.75, 3.05) is 77.0 Å². The van der Waals surface area contributed by atoms with Gasteiger partial charge in [0.15, 0.2) is 0 Å². The van der Waals surface area contributed by atoms with Crippen molar-refractivity contribution in [3.63, 3.8) is 0 Å². The van der Waals surface area contributed by atoms with Gasteiger partial charge in [-0.05, 0) is 51.5 Å². The first-order valence-electron chi connectivity index (χ1n) is 16.9. The Labute approximate surface area is 289 Å². The minimum Gasteiger partial charge on any atom is -0.488 e. The molecule has 49 heavy (non-hydrogen) atoms. The molecule has 1 unspecified atom stereocenters. The highest BCUT2D eigenvalue weighted by Gasteiger charge is 2.40. The largest absolute Gasteiger partial charge is 0.488 e. The van der Waals surface area contributed by atoms with Crippen molar-refractivity contribution >= 4 is 43.1 Å². The number of hydrogen-bond donors (Lipinski definition) is 1. The van der Waals surface area contributed by atoms with E-state index in [1.54, 1.807) is 4.90 Å². The van der Waals surface area contributed by atoms with Crippen LogP contribution in [-0.4, -0.2) is 116 Å². The number of likely N-dealkylation sites (tertiary alicyclic amines) is 1. The molecule has 1 atom stereocenters. The maximum atomic E-state index is 13.7. The van der Waals surface area contributed by atoms with E-state index in [1.165, 1.54) is 0 Å². The zero-order chi connectivity index (χ0) is 35.2. The van der Waals surface area contributed by atoms with Gasteiger partial charge < -0.3 is 29.5 Å². The van der Waals surface area contributed by atoms with Gasteiger partial charge in [0.05, 0.1) is 13.1 Å². The van der Waals surface area contributed by atoms with E-state index < -0.39 is 29.9 Å². The molecular formula is C36H48F2N5O5P. The standard InChI is InChI=1S/C36H48F2N5O5P/c1-35(2,3)48-34(46)42-18-16-41(17-19-42)14-8-13-40(4)27-21-29-28(33(45)39-23-31(44)43-15-12-36(37,38)25-43)11-20-49-32(29)30(22-27)47-24-26-9-6-5-7-10-26/h5-7,9-11,21-22,49H,8,12-20,23-25H2,1-4H3,(H,39,45). The number of carbonyl (C=O) groups excluding carboxylic acids is 3. The van der Waals surface area contributed by atoms with Gasteiger partial charge in [-0.25, -0.2) is 13.6 Å². The lowest BCUT2D eigenvalue weighted by Crippen LogP contribution is -2.50. The summed E-state index contributed by atoms with van der Waals surface area (Å²) in [6.07, 6.45) is 2.80. The lowest BCUT2D eigenvalue weighted by Gasteiger charge is -2.35. The fourth-order valence-corrected chi connectivity index (χ4v) is 7.32. The van der Waals surface area contributed by atoms with Crippen molar-refractivity contribution in [3.8, 4) is 5.75 Å². The minimum absolute atomic E-state index is 0.0194. The molecule has 10 nitrogen and oxygen atoms in total. The van der Waals surface area contributed by atoms with Crippen molar-refractivity contribution in [2.45, 2.75) is 51.7 Å². The number of carbonyl (C=O) groups is 3. The van der Waals surface area contributed by atoms with E-state index in [2.05, 4.69) is 15.1 Å². The maximum Gasteiger partial charge on any atom is 0.410 e. The van der Waals surface area contributed by atoms with Crippen LogP contribution in [0.15, 0.2) is 48.5 Å². The number of piperazine rings is 1. The second-order valence-corrected chi connectivity index (χ2v) is 15.1. The zero-order valence-corrected chi connectivity index (χ0v) is 29.9.